The number of Topliss-reactive ketones (excluding diaryl/α,β-unsaturated/α-hetero) is 1. The van der Waals surface area contributed by atoms with Crippen LogP contribution in [0.5, 0.6) is 0 Å². The van der Waals surface area contributed by atoms with E-state index in [2.05, 4.69) is 5.32 Å². The van der Waals surface area contributed by atoms with Gasteiger partial charge in [-0.25, -0.2) is 4.98 Å². The molecule has 194 valence electrons. The number of ketones is 1. The molecule has 1 aromatic heterocycles. The Morgan fingerprint density at radius 2 is 1.89 bits per heavy atom. The molecular formula is C29H33N3O4S. The van der Waals surface area contributed by atoms with Crippen LogP contribution in [-0.4, -0.2) is 45.7 Å². The number of benzene rings is 2. The molecule has 1 saturated heterocycles. The number of carbonyl (C=O) groups is 2. The van der Waals surface area contributed by atoms with Crippen LogP contribution in [0.25, 0.3) is 10.9 Å². The first-order valence-electron chi connectivity index (χ1n) is 13.1. The summed E-state index contributed by atoms with van der Waals surface area (Å²) in [5.74, 6) is 0.0163. The van der Waals surface area contributed by atoms with E-state index in [9.17, 15) is 14.4 Å². The van der Waals surface area contributed by atoms with Crippen LogP contribution in [0.1, 0.15) is 70.4 Å². The second-order valence-corrected chi connectivity index (χ2v) is 11.1. The molecule has 2 fully saturated rings. The van der Waals surface area contributed by atoms with Crippen LogP contribution in [0, 0.1) is 13.8 Å². The minimum absolute atomic E-state index is 0.00564. The molecule has 1 aliphatic heterocycles. The molecule has 3 aromatic rings. The molecule has 0 radical (unpaired) electrons. The molecule has 2 heterocycles. The van der Waals surface area contributed by atoms with Crippen molar-refractivity contribution in [2.75, 3.05) is 12.4 Å². The fourth-order valence-electron chi connectivity index (χ4n) is 5.19. The zero-order valence-corrected chi connectivity index (χ0v) is 22.2. The number of aromatic nitrogens is 2. The van der Waals surface area contributed by atoms with Gasteiger partial charge in [-0.3, -0.25) is 19.0 Å². The zero-order chi connectivity index (χ0) is 25.9. The number of aryl methyl sites for hydroxylation is 2. The van der Waals surface area contributed by atoms with Crippen molar-refractivity contribution in [3.63, 3.8) is 0 Å². The van der Waals surface area contributed by atoms with Crippen molar-refractivity contribution in [3.05, 3.63) is 69.0 Å². The van der Waals surface area contributed by atoms with Gasteiger partial charge in [0, 0.05) is 23.8 Å². The summed E-state index contributed by atoms with van der Waals surface area (Å²) in [6.07, 6.45) is 6.07. The molecule has 0 bridgehead atoms. The van der Waals surface area contributed by atoms with E-state index < -0.39 is 0 Å². The lowest BCUT2D eigenvalue weighted by Crippen LogP contribution is -2.32. The Morgan fingerprint density at radius 3 is 2.65 bits per heavy atom. The van der Waals surface area contributed by atoms with Gasteiger partial charge in [-0.05, 0) is 69.4 Å². The van der Waals surface area contributed by atoms with E-state index in [1.54, 1.807) is 22.8 Å². The number of nitrogens with zero attached hydrogens (tertiary/aromatic N) is 2. The minimum Gasteiger partial charge on any atom is -0.376 e. The lowest BCUT2D eigenvalue weighted by atomic mass is 10.0. The van der Waals surface area contributed by atoms with Crippen molar-refractivity contribution >= 4 is 34.4 Å². The number of ether oxygens (including phenoxy) is 1. The summed E-state index contributed by atoms with van der Waals surface area (Å²) >= 11 is 1.26. The molecule has 37 heavy (non-hydrogen) atoms. The van der Waals surface area contributed by atoms with Crippen LogP contribution in [-0.2, 0) is 11.3 Å². The highest BCUT2D eigenvalue weighted by Gasteiger charge is 2.23. The van der Waals surface area contributed by atoms with Crippen LogP contribution in [0.2, 0.25) is 0 Å². The predicted octanol–water partition coefficient (Wildman–Crippen LogP) is 4.84. The summed E-state index contributed by atoms with van der Waals surface area (Å²) in [4.78, 5) is 44.3. The third-order valence-electron chi connectivity index (χ3n) is 7.31. The molecule has 1 N–H and O–H groups in total. The molecule has 0 spiro atoms. The lowest BCUT2D eigenvalue weighted by Gasteiger charge is -2.17. The first-order valence-corrected chi connectivity index (χ1v) is 14.1. The van der Waals surface area contributed by atoms with Gasteiger partial charge in [-0.1, -0.05) is 42.3 Å². The van der Waals surface area contributed by atoms with Crippen LogP contribution in [0.4, 0.5) is 0 Å². The third-order valence-corrected chi connectivity index (χ3v) is 8.29. The highest BCUT2D eigenvalue weighted by molar-refractivity contribution is 7.99. The first kappa shape index (κ1) is 25.7. The summed E-state index contributed by atoms with van der Waals surface area (Å²) in [5, 5.41) is 4.03. The third kappa shape index (κ3) is 5.80. The van der Waals surface area contributed by atoms with Gasteiger partial charge >= 0.3 is 0 Å². The fourth-order valence-corrected chi connectivity index (χ4v) is 6.08. The maximum atomic E-state index is 13.6. The Kier molecular flexibility index (Phi) is 7.76. The molecular weight excluding hydrogens is 486 g/mol. The molecule has 2 aliphatic rings. The summed E-state index contributed by atoms with van der Waals surface area (Å²) in [6.45, 7) is 4.98. The Bertz CT molecular complexity index is 1390. The van der Waals surface area contributed by atoms with Crippen molar-refractivity contribution in [1.82, 2.24) is 14.9 Å². The first-order chi connectivity index (χ1) is 17.9. The van der Waals surface area contributed by atoms with Crippen molar-refractivity contribution < 1.29 is 14.3 Å². The Morgan fingerprint density at radius 1 is 1.08 bits per heavy atom. The minimum atomic E-state index is -0.176. The van der Waals surface area contributed by atoms with Crippen molar-refractivity contribution in [2.45, 2.75) is 76.2 Å². The number of hydrogen-bond donors (Lipinski definition) is 1. The maximum Gasteiger partial charge on any atom is 0.262 e. The van der Waals surface area contributed by atoms with Crippen LogP contribution in [0.3, 0.4) is 0 Å². The van der Waals surface area contributed by atoms with E-state index in [4.69, 9.17) is 9.72 Å². The van der Waals surface area contributed by atoms with Crippen molar-refractivity contribution in [2.24, 2.45) is 0 Å². The van der Waals surface area contributed by atoms with Gasteiger partial charge < -0.3 is 10.1 Å². The molecule has 1 aliphatic carbocycles. The van der Waals surface area contributed by atoms with E-state index in [-0.39, 0.29) is 35.1 Å². The van der Waals surface area contributed by atoms with Gasteiger partial charge in [0.2, 0.25) is 0 Å². The van der Waals surface area contributed by atoms with Gasteiger partial charge in [0.15, 0.2) is 10.9 Å². The molecule has 1 atom stereocenters. The van der Waals surface area contributed by atoms with E-state index in [1.807, 2.05) is 32.0 Å². The number of amides is 1. The highest BCUT2D eigenvalue weighted by Crippen LogP contribution is 2.24. The van der Waals surface area contributed by atoms with Crippen molar-refractivity contribution in [3.8, 4) is 0 Å². The summed E-state index contributed by atoms with van der Waals surface area (Å²) in [6, 6.07) is 11.1. The zero-order valence-electron chi connectivity index (χ0n) is 21.4. The van der Waals surface area contributed by atoms with Gasteiger partial charge in [0.25, 0.3) is 11.5 Å². The second-order valence-electron chi connectivity index (χ2n) is 10.2. The Hall–Kier alpha value is -2.97. The van der Waals surface area contributed by atoms with Crippen molar-refractivity contribution in [1.29, 1.82) is 0 Å². The average molecular weight is 520 g/mol. The van der Waals surface area contributed by atoms with E-state index in [1.165, 1.54) is 11.8 Å². The summed E-state index contributed by atoms with van der Waals surface area (Å²) in [5.41, 5.74) is 3.43. The highest BCUT2D eigenvalue weighted by atomic mass is 32.2. The van der Waals surface area contributed by atoms with Gasteiger partial charge in [0.05, 0.1) is 29.3 Å². The number of fused-ring (bicyclic) bond motifs is 1. The monoisotopic (exact) mass is 519 g/mol. The number of hydrogen-bond acceptors (Lipinski definition) is 6. The largest absolute Gasteiger partial charge is 0.376 e. The summed E-state index contributed by atoms with van der Waals surface area (Å²) in [7, 11) is 0. The molecule has 1 saturated carbocycles. The predicted molar refractivity (Wildman–Crippen MR) is 146 cm³/mol. The average Bonchev–Trinajstić information content (AvgIpc) is 3.60. The number of carbonyl (C=O) groups excluding carboxylic acids is 2. The quantitative estimate of drug-likeness (QED) is 0.260. The lowest BCUT2D eigenvalue weighted by molar-refractivity contribution is 0.0935. The SMILES string of the molecule is Cc1ccc(C)c(C(=O)CSc2nc3cc(C(=O)NC4CCCC4)ccc3c(=O)n2C[C@H]2CCCO2)c1. The Balaban J connectivity index is 1.46. The maximum absolute atomic E-state index is 13.6. The van der Waals surface area contributed by atoms with Crippen LogP contribution in [0.15, 0.2) is 46.3 Å². The van der Waals surface area contributed by atoms with E-state index >= 15 is 0 Å². The fraction of sp³-hybridized carbons (Fsp3) is 0.448. The second kappa shape index (κ2) is 11.2. The standard InChI is InChI=1S/C29H33N3O4S/c1-18-9-10-19(2)24(14-18)26(33)17-37-29-31-25-15-20(27(34)30-21-6-3-4-7-21)11-12-23(25)28(35)32(29)16-22-8-5-13-36-22/h9-12,14-15,21-22H,3-8,13,16-17H2,1-2H3,(H,30,34)/t22-/m1/s1. The number of nitrogens with one attached hydrogen (secondary N) is 1. The Labute approximate surface area is 221 Å². The van der Waals surface area contributed by atoms with E-state index in [0.717, 1.165) is 49.7 Å². The van der Waals surface area contributed by atoms with Crippen LogP contribution < -0.4 is 10.9 Å². The molecule has 1 amide bonds. The number of rotatable bonds is 8. The van der Waals surface area contributed by atoms with E-state index in [0.29, 0.717) is 40.3 Å². The molecule has 8 heteroatoms. The molecule has 5 rings (SSSR count). The molecule has 2 aromatic carbocycles. The normalized spacial score (nSPS) is 17.9. The van der Waals surface area contributed by atoms with Gasteiger partial charge in [-0.15, -0.1) is 0 Å². The molecule has 0 unspecified atom stereocenters. The topological polar surface area (TPSA) is 90.3 Å². The summed E-state index contributed by atoms with van der Waals surface area (Å²) < 4.78 is 7.44. The molecule has 7 nitrogen and oxygen atoms in total. The van der Waals surface area contributed by atoms with Crippen LogP contribution >= 0.6 is 11.8 Å². The number of thioether (sulfide) groups is 1. The smallest absolute Gasteiger partial charge is 0.262 e. The van der Waals surface area contributed by atoms with Gasteiger partial charge in [-0.2, -0.15) is 0 Å². The van der Waals surface area contributed by atoms with Gasteiger partial charge in [0.1, 0.15) is 0 Å².